The monoisotopic (exact) mass is 269 g/mol. The Balaban J connectivity index is 2.59. The van der Waals surface area contributed by atoms with Gasteiger partial charge in [-0.15, -0.1) is 0 Å². The van der Waals surface area contributed by atoms with Crippen molar-refractivity contribution < 1.29 is 12.7 Å². The Morgan fingerprint density at radius 2 is 1.89 bits per heavy atom. The van der Waals surface area contributed by atoms with Crippen LogP contribution in [-0.4, -0.2) is 14.1 Å². The third-order valence-corrected chi connectivity index (χ3v) is 3.59. The predicted octanol–water partition coefficient (Wildman–Crippen LogP) is 3.35. The summed E-state index contributed by atoms with van der Waals surface area (Å²) in [6.07, 6.45) is 3.99. The highest BCUT2D eigenvalue weighted by atomic mass is 32.2. The summed E-state index contributed by atoms with van der Waals surface area (Å²) in [5.74, 6) is 0. The van der Waals surface area contributed by atoms with Crippen LogP contribution in [0.25, 0.3) is 0 Å². The van der Waals surface area contributed by atoms with Gasteiger partial charge in [-0.1, -0.05) is 43.1 Å². The van der Waals surface area contributed by atoms with Crippen LogP contribution >= 0.6 is 0 Å². The molecule has 1 aromatic rings. The minimum absolute atomic E-state index is 0.120. The molecule has 0 fully saturated rings. The van der Waals surface area contributed by atoms with Gasteiger partial charge in [-0.2, -0.15) is 8.42 Å². The van der Waals surface area contributed by atoms with E-state index in [1.807, 2.05) is 0 Å². The smallest absolute Gasteiger partial charge is 0.265 e. The predicted molar refractivity (Wildman–Crippen MR) is 72.0 cm³/mol. The molecule has 5 heteroatoms. The topological polar surface area (TPSA) is 55.7 Å². The summed E-state index contributed by atoms with van der Waals surface area (Å²) in [7, 11) is -3.77. The summed E-state index contributed by atoms with van der Waals surface area (Å²) in [5.41, 5.74) is 0.697. The summed E-state index contributed by atoms with van der Waals surface area (Å²) in [6, 6.07) is 8.01. The van der Waals surface area contributed by atoms with E-state index in [4.69, 9.17) is 0 Å². The number of hydrogen-bond donors (Lipinski definition) is 0. The molecular weight excluding hydrogens is 250 g/mol. The summed E-state index contributed by atoms with van der Waals surface area (Å²) >= 11 is 0. The van der Waals surface area contributed by atoms with Crippen LogP contribution in [-0.2, 0) is 14.4 Å². The van der Waals surface area contributed by atoms with Crippen molar-refractivity contribution in [1.82, 2.24) is 0 Å². The Morgan fingerprint density at radius 1 is 1.22 bits per heavy atom. The average Bonchev–Trinajstić information content (AvgIpc) is 2.38. The number of hydrogen-bond acceptors (Lipinski definition) is 4. The Kier molecular flexibility index (Phi) is 5.85. The van der Waals surface area contributed by atoms with Crippen molar-refractivity contribution in [1.29, 1.82) is 0 Å². The minimum atomic E-state index is -3.77. The van der Waals surface area contributed by atoms with Gasteiger partial charge in [0.2, 0.25) is 0 Å². The molecule has 0 unspecified atom stereocenters. The van der Waals surface area contributed by atoms with Gasteiger partial charge in [0.15, 0.2) is 0 Å². The van der Waals surface area contributed by atoms with Crippen LogP contribution in [0.5, 0.6) is 0 Å². The van der Waals surface area contributed by atoms with Crippen LogP contribution in [0.4, 0.5) is 0 Å². The molecule has 1 rings (SSSR count). The zero-order valence-corrected chi connectivity index (χ0v) is 11.6. The molecular formula is C13H19NO3S. The molecule has 4 nitrogen and oxygen atoms in total. The SMILES string of the molecule is CCCCC/C(C)=N/OS(=O)(=O)c1ccccc1. The number of benzene rings is 1. The molecule has 0 N–H and O–H groups in total. The van der Waals surface area contributed by atoms with E-state index in [-0.39, 0.29) is 4.90 Å². The average molecular weight is 269 g/mol. The van der Waals surface area contributed by atoms with Crippen LogP contribution in [0.3, 0.4) is 0 Å². The van der Waals surface area contributed by atoms with Gasteiger partial charge in [-0.25, -0.2) is 0 Å². The van der Waals surface area contributed by atoms with Gasteiger partial charge in [-0.05, 0) is 31.9 Å². The van der Waals surface area contributed by atoms with Gasteiger partial charge in [0.25, 0.3) is 0 Å². The minimum Gasteiger partial charge on any atom is -0.265 e. The van der Waals surface area contributed by atoms with Crippen LogP contribution < -0.4 is 0 Å². The zero-order chi connectivity index (χ0) is 13.4. The molecule has 0 heterocycles. The van der Waals surface area contributed by atoms with Gasteiger partial charge in [-0.3, -0.25) is 4.28 Å². The Labute approximate surface area is 109 Å². The van der Waals surface area contributed by atoms with E-state index < -0.39 is 10.1 Å². The Bertz CT molecular complexity index is 480. The first kappa shape index (κ1) is 14.7. The van der Waals surface area contributed by atoms with Crippen LogP contribution in [0.15, 0.2) is 40.4 Å². The number of unbranched alkanes of at least 4 members (excludes halogenated alkanes) is 2. The van der Waals surface area contributed by atoms with Crippen molar-refractivity contribution in [2.24, 2.45) is 5.16 Å². The summed E-state index contributed by atoms with van der Waals surface area (Å²) in [4.78, 5) is 0.120. The third-order valence-electron chi connectivity index (χ3n) is 2.47. The van der Waals surface area contributed by atoms with Crippen molar-refractivity contribution in [3.05, 3.63) is 30.3 Å². The van der Waals surface area contributed by atoms with Crippen molar-refractivity contribution in [3.8, 4) is 0 Å². The van der Waals surface area contributed by atoms with Crippen LogP contribution in [0, 0.1) is 0 Å². The first-order valence-electron chi connectivity index (χ1n) is 6.08. The molecule has 0 saturated carbocycles. The number of nitrogens with zero attached hydrogens (tertiary/aromatic N) is 1. The van der Waals surface area contributed by atoms with Crippen molar-refractivity contribution in [3.63, 3.8) is 0 Å². The molecule has 0 aliphatic carbocycles. The Hall–Kier alpha value is -1.36. The largest absolute Gasteiger partial charge is 0.358 e. The van der Waals surface area contributed by atoms with E-state index in [9.17, 15) is 8.42 Å². The highest BCUT2D eigenvalue weighted by molar-refractivity contribution is 7.86. The van der Waals surface area contributed by atoms with E-state index in [1.165, 1.54) is 12.1 Å². The number of oxime groups is 1. The standard InChI is InChI=1S/C13H19NO3S/c1-3-4-6-9-12(2)14-17-18(15,16)13-10-7-5-8-11-13/h5,7-8,10-11H,3-4,6,9H2,1-2H3/b14-12+. The van der Waals surface area contributed by atoms with E-state index in [1.54, 1.807) is 25.1 Å². The van der Waals surface area contributed by atoms with Gasteiger partial charge in [0.1, 0.15) is 4.90 Å². The number of rotatable bonds is 7. The zero-order valence-electron chi connectivity index (χ0n) is 10.8. The molecule has 0 radical (unpaired) electrons. The fraction of sp³-hybridized carbons (Fsp3) is 0.462. The Morgan fingerprint density at radius 3 is 2.50 bits per heavy atom. The second kappa shape index (κ2) is 7.16. The molecule has 0 bridgehead atoms. The lowest BCUT2D eigenvalue weighted by Gasteiger charge is -2.02. The van der Waals surface area contributed by atoms with E-state index >= 15 is 0 Å². The molecule has 0 atom stereocenters. The van der Waals surface area contributed by atoms with Crippen LogP contribution in [0.2, 0.25) is 0 Å². The molecule has 0 aromatic heterocycles. The van der Waals surface area contributed by atoms with Crippen molar-refractivity contribution in [2.75, 3.05) is 0 Å². The van der Waals surface area contributed by atoms with E-state index in [0.29, 0.717) is 5.71 Å². The molecule has 0 saturated heterocycles. The normalized spacial score (nSPS) is 12.4. The highest BCUT2D eigenvalue weighted by Crippen LogP contribution is 2.12. The first-order chi connectivity index (χ1) is 8.56. The van der Waals surface area contributed by atoms with Gasteiger partial charge < -0.3 is 0 Å². The fourth-order valence-corrected chi connectivity index (χ4v) is 2.22. The molecule has 100 valence electrons. The highest BCUT2D eigenvalue weighted by Gasteiger charge is 2.14. The lowest BCUT2D eigenvalue weighted by atomic mass is 10.1. The van der Waals surface area contributed by atoms with Crippen LogP contribution in [0.1, 0.15) is 39.5 Å². The maximum Gasteiger partial charge on any atom is 0.358 e. The first-order valence-corrected chi connectivity index (χ1v) is 7.49. The van der Waals surface area contributed by atoms with Crippen molar-refractivity contribution >= 4 is 15.8 Å². The summed E-state index contributed by atoms with van der Waals surface area (Å²) < 4.78 is 28.1. The van der Waals surface area contributed by atoms with E-state index in [2.05, 4.69) is 16.4 Å². The molecule has 0 spiro atoms. The second-order valence-electron chi connectivity index (χ2n) is 4.13. The second-order valence-corrected chi connectivity index (χ2v) is 5.65. The quantitative estimate of drug-likeness (QED) is 0.433. The van der Waals surface area contributed by atoms with Crippen molar-refractivity contribution in [2.45, 2.75) is 44.4 Å². The van der Waals surface area contributed by atoms with Gasteiger partial charge in [0, 0.05) is 0 Å². The maximum absolute atomic E-state index is 11.7. The lowest BCUT2D eigenvalue weighted by molar-refractivity contribution is 0.337. The third kappa shape index (κ3) is 4.87. The lowest BCUT2D eigenvalue weighted by Crippen LogP contribution is -2.04. The van der Waals surface area contributed by atoms with Gasteiger partial charge in [0.05, 0.1) is 5.71 Å². The van der Waals surface area contributed by atoms with Gasteiger partial charge >= 0.3 is 10.1 Å². The molecule has 18 heavy (non-hydrogen) atoms. The molecule has 0 amide bonds. The summed E-state index contributed by atoms with van der Waals surface area (Å²) in [6.45, 7) is 3.89. The molecule has 1 aromatic carbocycles. The molecule has 0 aliphatic heterocycles. The summed E-state index contributed by atoms with van der Waals surface area (Å²) in [5, 5.41) is 3.67. The fourth-order valence-electron chi connectivity index (χ4n) is 1.42. The van der Waals surface area contributed by atoms with E-state index in [0.717, 1.165) is 25.7 Å². The molecule has 0 aliphatic rings. The maximum atomic E-state index is 11.7.